The van der Waals surface area contributed by atoms with E-state index in [0.717, 1.165) is 47.2 Å². The van der Waals surface area contributed by atoms with E-state index in [1.165, 1.54) is 12.1 Å². The molecule has 0 aliphatic carbocycles. The normalized spacial score (nSPS) is 14.4. The van der Waals surface area contributed by atoms with E-state index in [1.54, 1.807) is 24.5 Å². The number of nitrogens with zero attached hydrogens (tertiary/aromatic N) is 3. The molecule has 1 aliphatic rings. The van der Waals surface area contributed by atoms with Crippen molar-refractivity contribution in [1.29, 1.82) is 0 Å². The average molecular weight is 377 g/mol. The van der Waals surface area contributed by atoms with Crippen molar-refractivity contribution in [1.82, 2.24) is 14.5 Å². The number of allylic oxidation sites excluding steroid dienone is 1. The minimum Gasteiger partial charge on any atom is -0.302 e. The number of aromatic nitrogens is 2. The Morgan fingerprint density at radius 1 is 1.32 bits per heavy atom. The van der Waals surface area contributed by atoms with E-state index in [4.69, 9.17) is 0 Å². The third-order valence-corrected chi connectivity index (χ3v) is 5.14. The van der Waals surface area contributed by atoms with Gasteiger partial charge in [-0.2, -0.15) is 0 Å². The summed E-state index contributed by atoms with van der Waals surface area (Å²) in [6, 6.07) is 11.8. The first-order valence-electron chi connectivity index (χ1n) is 9.25. The van der Waals surface area contributed by atoms with Crippen molar-refractivity contribution in [2.45, 2.75) is 25.3 Å². The monoisotopic (exact) mass is 377 g/mol. The molecule has 0 spiro atoms. The molecule has 0 fully saturated rings. The van der Waals surface area contributed by atoms with Gasteiger partial charge in [0.15, 0.2) is 0 Å². The third kappa shape index (κ3) is 3.32. The van der Waals surface area contributed by atoms with Gasteiger partial charge in [0.2, 0.25) is 0 Å². The van der Waals surface area contributed by atoms with Crippen LogP contribution in [0.4, 0.5) is 8.78 Å². The van der Waals surface area contributed by atoms with Crippen LogP contribution in [0.5, 0.6) is 0 Å². The summed E-state index contributed by atoms with van der Waals surface area (Å²) in [4.78, 5) is 6.29. The first-order valence-corrected chi connectivity index (χ1v) is 9.25. The largest absolute Gasteiger partial charge is 0.302 e. The van der Waals surface area contributed by atoms with E-state index < -0.39 is 5.92 Å². The summed E-state index contributed by atoms with van der Waals surface area (Å²) in [6.07, 6.45) is 5.15. The van der Waals surface area contributed by atoms with Gasteiger partial charge >= 0.3 is 0 Å². The summed E-state index contributed by atoms with van der Waals surface area (Å²) in [5, 5.41) is 0.850. The van der Waals surface area contributed by atoms with Gasteiger partial charge in [0.25, 0.3) is 5.92 Å². The van der Waals surface area contributed by atoms with Gasteiger partial charge in [0.1, 0.15) is 0 Å². The first-order chi connectivity index (χ1) is 13.5. The van der Waals surface area contributed by atoms with Crippen LogP contribution in [0.3, 0.4) is 0 Å². The molecule has 2 aromatic heterocycles. The molecule has 0 bridgehead atoms. The number of pyridine rings is 1. The van der Waals surface area contributed by atoms with Crippen LogP contribution in [0.1, 0.15) is 28.8 Å². The van der Waals surface area contributed by atoms with Crippen LogP contribution in [-0.2, 0) is 18.9 Å². The van der Waals surface area contributed by atoms with Crippen LogP contribution in [-0.4, -0.2) is 28.0 Å². The molecular formula is C23H21F2N3. The van der Waals surface area contributed by atoms with Crippen molar-refractivity contribution in [3.05, 3.63) is 77.8 Å². The van der Waals surface area contributed by atoms with Gasteiger partial charge < -0.3 is 4.90 Å². The third-order valence-electron chi connectivity index (χ3n) is 5.14. The van der Waals surface area contributed by atoms with Crippen LogP contribution >= 0.6 is 0 Å². The average Bonchev–Trinajstić information content (AvgIpc) is 2.99. The maximum Gasteiger partial charge on any atom is 0.276 e. The molecule has 4 rings (SSSR count). The standard InChI is InChI=1S/C23H21F2N3/c1-3-10-23(24,25)18-6-7-21-19(14-18)20-16-27(2)12-9-22(20)28(21)13-8-17-5-4-11-26-15-17/h3-7,11,14-15H,1,9-10,12,16H2,2H3. The second kappa shape index (κ2) is 7.21. The Kier molecular flexibility index (Phi) is 4.74. The molecule has 0 radical (unpaired) electrons. The maximum atomic E-state index is 14.4. The Labute approximate surface area is 163 Å². The lowest BCUT2D eigenvalue weighted by atomic mass is 10.00. The quantitative estimate of drug-likeness (QED) is 0.493. The lowest BCUT2D eigenvalue weighted by molar-refractivity contribution is -0.000720. The fraction of sp³-hybridized carbons (Fsp3) is 0.261. The maximum absolute atomic E-state index is 14.4. The molecule has 3 heterocycles. The summed E-state index contributed by atoms with van der Waals surface area (Å²) in [5.41, 5.74) is 3.90. The number of benzene rings is 1. The Balaban J connectivity index is 1.89. The van der Waals surface area contributed by atoms with Gasteiger partial charge in [0.05, 0.1) is 5.52 Å². The summed E-state index contributed by atoms with van der Waals surface area (Å²) in [5.74, 6) is 0.217. The molecule has 0 saturated carbocycles. The predicted octanol–water partition coefficient (Wildman–Crippen LogP) is 4.55. The Hall–Kier alpha value is -2.97. The Bertz CT molecular complexity index is 1090. The fourth-order valence-electron chi connectivity index (χ4n) is 3.70. The van der Waals surface area contributed by atoms with Gasteiger partial charge in [-0.25, -0.2) is 8.78 Å². The number of hydrogen-bond acceptors (Lipinski definition) is 2. The van der Waals surface area contributed by atoms with Crippen molar-refractivity contribution < 1.29 is 8.78 Å². The van der Waals surface area contributed by atoms with Crippen molar-refractivity contribution in [2.24, 2.45) is 0 Å². The smallest absolute Gasteiger partial charge is 0.276 e. The van der Waals surface area contributed by atoms with Crippen molar-refractivity contribution in [3.8, 4) is 12.0 Å². The fourth-order valence-corrected chi connectivity index (χ4v) is 3.70. The molecule has 0 unspecified atom stereocenters. The molecule has 0 N–H and O–H groups in total. The van der Waals surface area contributed by atoms with Crippen LogP contribution < -0.4 is 0 Å². The van der Waals surface area contributed by atoms with Crippen molar-refractivity contribution in [2.75, 3.05) is 13.6 Å². The lowest BCUT2D eigenvalue weighted by Gasteiger charge is -2.23. The molecule has 3 nitrogen and oxygen atoms in total. The van der Waals surface area contributed by atoms with Gasteiger partial charge in [-0.05, 0) is 42.8 Å². The number of alkyl halides is 2. The van der Waals surface area contributed by atoms with Gasteiger partial charge in [-0.15, -0.1) is 6.58 Å². The highest BCUT2D eigenvalue weighted by atomic mass is 19.3. The minimum atomic E-state index is -2.92. The zero-order valence-corrected chi connectivity index (χ0v) is 15.8. The minimum absolute atomic E-state index is 0.0216. The van der Waals surface area contributed by atoms with Crippen LogP contribution in [0.25, 0.3) is 10.9 Å². The molecule has 5 heteroatoms. The molecule has 1 aromatic carbocycles. The lowest BCUT2D eigenvalue weighted by Crippen LogP contribution is -2.27. The summed E-state index contributed by atoms with van der Waals surface area (Å²) < 4.78 is 30.9. The van der Waals surface area contributed by atoms with Gasteiger partial charge in [0, 0.05) is 66.6 Å². The van der Waals surface area contributed by atoms with E-state index in [0.29, 0.717) is 0 Å². The van der Waals surface area contributed by atoms with E-state index >= 15 is 0 Å². The molecule has 142 valence electrons. The number of hydrogen-bond donors (Lipinski definition) is 0. The zero-order valence-electron chi connectivity index (χ0n) is 15.8. The number of halogens is 2. The molecule has 0 amide bonds. The molecule has 0 atom stereocenters. The van der Waals surface area contributed by atoms with E-state index in [9.17, 15) is 8.78 Å². The highest BCUT2D eigenvalue weighted by Crippen LogP contribution is 2.37. The molecule has 3 aromatic rings. The summed E-state index contributed by atoms with van der Waals surface area (Å²) in [7, 11) is 2.05. The predicted molar refractivity (Wildman–Crippen MR) is 107 cm³/mol. The highest BCUT2D eigenvalue weighted by Gasteiger charge is 2.31. The van der Waals surface area contributed by atoms with E-state index in [-0.39, 0.29) is 12.0 Å². The van der Waals surface area contributed by atoms with Crippen LogP contribution in [0.15, 0.2) is 55.4 Å². The number of rotatable bonds is 3. The number of fused-ring (bicyclic) bond motifs is 3. The van der Waals surface area contributed by atoms with Crippen molar-refractivity contribution in [3.63, 3.8) is 0 Å². The van der Waals surface area contributed by atoms with Crippen molar-refractivity contribution >= 4 is 10.9 Å². The summed E-state index contributed by atoms with van der Waals surface area (Å²) >= 11 is 0. The van der Waals surface area contributed by atoms with Gasteiger partial charge in [-0.1, -0.05) is 12.1 Å². The second-order valence-corrected chi connectivity index (χ2v) is 7.16. The molecule has 1 aliphatic heterocycles. The highest BCUT2D eigenvalue weighted by molar-refractivity contribution is 5.87. The van der Waals surface area contributed by atoms with Gasteiger partial charge in [-0.3, -0.25) is 9.55 Å². The Morgan fingerprint density at radius 2 is 2.18 bits per heavy atom. The van der Waals surface area contributed by atoms with E-state index in [1.807, 2.05) is 23.7 Å². The topological polar surface area (TPSA) is 21.1 Å². The molecule has 28 heavy (non-hydrogen) atoms. The molecular weight excluding hydrogens is 356 g/mol. The second-order valence-electron chi connectivity index (χ2n) is 7.16. The summed E-state index contributed by atoms with van der Waals surface area (Å²) in [6.45, 7) is 5.10. The number of likely N-dealkylation sites (N-methyl/N-ethyl adjacent to an activating group) is 1. The van der Waals surface area contributed by atoms with E-state index in [2.05, 4.69) is 28.4 Å². The zero-order chi connectivity index (χ0) is 19.7. The first kappa shape index (κ1) is 18.4. The Morgan fingerprint density at radius 3 is 2.93 bits per heavy atom. The SMILES string of the molecule is C=CCC(F)(F)c1ccc2c(c1)c1c(n2C#Cc2cccnc2)CCN(C)C1. The van der Waals surface area contributed by atoms with Crippen LogP contribution in [0, 0.1) is 12.0 Å². The van der Waals surface area contributed by atoms with Crippen LogP contribution in [0.2, 0.25) is 0 Å². The molecule has 0 saturated heterocycles.